The SMILES string of the molecule is Cl.N[C@@H](c1ccc(O)cc1)C1CCCCC1. The molecule has 90 valence electrons. The van der Waals surface area contributed by atoms with Crippen LogP contribution in [0.3, 0.4) is 0 Å². The van der Waals surface area contributed by atoms with Crippen LogP contribution in [0.1, 0.15) is 43.7 Å². The zero-order valence-corrected chi connectivity index (χ0v) is 10.2. The van der Waals surface area contributed by atoms with Crippen molar-refractivity contribution in [3.05, 3.63) is 29.8 Å². The number of aromatic hydroxyl groups is 1. The number of phenolic OH excluding ortho intramolecular Hbond substituents is 1. The standard InChI is InChI=1S/C13H19NO.ClH/c14-13(10-4-2-1-3-5-10)11-6-8-12(15)9-7-11;/h6-10,13,15H,1-5,14H2;1H/t13-;/m1./s1. The van der Waals surface area contributed by atoms with Crippen LogP contribution in [-0.2, 0) is 0 Å². The number of halogens is 1. The second-order valence-corrected chi connectivity index (χ2v) is 4.52. The fourth-order valence-electron chi connectivity index (χ4n) is 2.46. The second kappa shape index (κ2) is 6.12. The minimum atomic E-state index is 0. The Morgan fingerprint density at radius 2 is 1.62 bits per heavy atom. The average molecular weight is 242 g/mol. The summed E-state index contributed by atoms with van der Waals surface area (Å²) in [5.74, 6) is 0.942. The molecule has 0 radical (unpaired) electrons. The Bertz CT molecular complexity index is 306. The molecule has 2 rings (SSSR count). The van der Waals surface area contributed by atoms with Crippen molar-refractivity contribution in [1.29, 1.82) is 0 Å². The van der Waals surface area contributed by atoms with Gasteiger partial charge in [-0.25, -0.2) is 0 Å². The van der Waals surface area contributed by atoms with E-state index in [0.29, 0.717) is 11.7 Å². The molecule has 2 nitrogen and oxygen atoms in total. The van der Waals surface area contributed by atoms with Crippen LogP contribution in [0, 0.1) is 5.92 Å². The van der Waals surface area contributed by atoms with Crippen LogP contribution in [0.2, 0.25) is 0 Å². The molecule has 1 atom stereocenters. The summed E-state index contributed by atoms with van der Waals surface area (Å²) in [7, 11) is 0. The van der Waals surface area contributed by atoms with Gasteiger partial charge in [0, 0.05) is 6.04 Å². The molecule has 1 aromatic carbocycles. The molecule has 0 aromatic heterocycles. The number of rotatable bonds is 2. The van der Waals surface area contributed by atoms with Gasteiger partial charge in [0.15, 0.2) is 0 Å². The molecule has 0 unspecified atom stereocenters. The zero-order valence-electron chi connectivity index (χ0n) is 9.43. The second-order valence-electron chi connectivity index (χ2n) is 4.52. The Labute approximate surface area is 103 Å². The Morgan fingerprint density at radius 1 is 1.06 bits per heavy atom. The van der Waals surface area contributed by atoms with E-state index in [1.165, 1.54) is 32.1 Å². The van der Waals surface area contributed by atoms with Crippen molar-refractivity contribution in [3.8, 4) is 5.75 Å². The van der Waals surface area contributed by atoms with Gasteiger partial charge >= 0.3 is 0 Å². The molecule has 1 fully saturated rings. The molecule has 0 heterocycles. The zero-order chi connectivity index (χ0) is 10.7. The Balaban J connectivity index is 0.00000128. The maximum absolute atomic E-state index is 9.21. The predicted octanol–water partition coefficient (Wildman–Crippen LogP) is 3.39. The first-order chi connectivity index (χ1) is 7.27. The first-order valence-corrected chi connectivity index (χ1v) is 5.82. The van der Waals surface area contributed by atoms with E-state index in [-0.39, 0.29) is 18.4 Å². The van der Waals surface area contributed by atoms with E-state index in [2.05, 4.69) is 0 Å². The lowest BCUT2D eigenvalue weighted by Crippen LogP contribution is -2.23. The highest BCUT2D eigenvalue weighted by Gasteiger charge is 2.21. The Morgan fingerprint density at radius 3 is 2.19 bits per heavy atom. The third-order valence-electron chi connectivity index (χ3n) is 3.44. The molecule has 3 N–H and O–H groups in total. The topological polar surface area (TPSA) is 46.2 Å². The highest BCUT2D eigenvalue weighted by molar-refractivity contribution is 5.85. The maximum Gasteiger partial charge on any atom is 0.115 e. The van der Waals surface area contributed by atoms with Gasteiger partial charge in [-0.3, -0.25) is 0 Å². The van der Waals surface area contributed by atoms with Crippen LogP contribution >= 0.6 is 12.4 Å². The number of phenols is 1. The molecular weight excluding hydrogens is 222 g/mol. The molecule has 0 bridgehead atoms. The van der Waals surface area contributed by atoms with E-state index in [0.717, 1.165) is 5.56 Å². The van der Waals surface area contributed by atoms with E-state index in [9.17, 15) is 5.11 Å². The summed E-state index contributed by atoms with van der Waals surface area (Å²) in [5, 5.41) is 9.21. The minimum Gasteiger partial charge on any atom is -0.508 e. The van der Waals surface area contributed by atoms with Crippen molar-refractivity contribution < 1.29 is 5.11 Å². The van der Waals surface area contributed by atoms with E-state index in [4.69, 9.17) is 5.73 Å². The van der Waals surface area contributed by atoms with Crippen molar-refractivity contribution >= 4 is 12.4 Å². The lowest BCUT2D eigenvalue weighted by atomic mass is 9.81. The van der Waals surface area contributed by atoms with Gasteiger partial charge in [0.1, 0.15) is 5.75 Å². The van der Waals surface area contributed by atoms with Crippen molar-refractivity contribution in [1.82, 2.24) is 0 Å². The molecule has 1 saturated carbocycles. The van der Waals surface area contributed by atoms with Gasteiger partial charge in [-0.1, -0.05) is 31.4 Å². The first kappa shape index (κ1) is 13.3. The number of hydrogen-bond acceptors (Lipinski definition) is 2. The third-order valence-corrected chi connectivity index (χ3v) is 3.44. The monoisotopic (exact) mass is 241 g/mol. The van der Waals surface area contributed by atoms with Gasteiger partial charge in [0.05, 0.1) is 0 Å². The fraction of sp³-hybridized carbons (Fsp3) is 0.538. The third kappa shape index (κ3) is 3.13. The molecular formula is C13H20ClNO. The maximum atomic E-state index is 9.21. The van der Waals surface area contributed by atoms with Gasteiger partial charge in [0.25, 0.3) is 0 Å². The molecule has 3 heteroatoms. The number of hydrogen-bond donors (Lipinski definition) is 2. The summed E-state index contributed by atoms with van der Waals surface area (Å²) in [6.45, 7) is 0. The molecule has 0 spiro atoms. The van der Waals surface area contributed by atoms with Crippen LogP contribution in [0.15, 0.2) is 24.3 Å². The normalized spacial score (nSPS) is 18.8. The quantitative estimate of drug-likeness (QED) is 0.834. The van der Waals surface area contributed by atoms with Crippen molar-refractivity contribution in [3.63, 3.8) is 0 Å². The van der Waals surface area contributed by atoms with Gasteiger partial charge in [-0.05, 0) is 36.5 Å². The van der Waals surface area contributed by atoms with Crippen LogP contribution in [0.25, 0.3) is 0 Å². The summed E-state index contributed by atoms with van der Waals surface area (Å²) < 4.78 is 0. The minimum absolute atomic E-state index is 0. The summed E-state index contributed by atoms with van der Waals surface area (Å²) in [5.41, 5.74) is 7.39. The number of benzene rings is 1. The van der Waals surface area contributed by atoms with Gasteiger partial charge in [-0.2, -0.15) is 0 Å². The van der Waals surface area contributed by atoms with Crippen LogP contribution in [-0.4, -0.2) is 5.11 Å². The fourth-order valence-corrected chi connectivity index (χ4v) is 2.46. The van der Waals surface area contributed by atoms with E-state index < -0.39 is 0 Å². The highest BCUT2D eigenvalue weighted by atomic mass is 35.5. The van der Waals surface area contributed by atoms with Crippen molar-refractivity contribution in [2.75, 3.05) is 0 Å². The lowest BCUT2D eigenvalue weighted by Gasteiger charge is -2.27. The predicted molar refractivity (Wildman–Crippen MR) is 68.9 cm³/mol. The number of nitrogens with two attached hydrogens (primary N) is 1. The highest BCUT2D eigenvalue weighted by Crippen LogP contribution is 2.33. The molecule has 16 heavy (non-hydrogen) atoms. The molecule has 1 aliphatic rings. The van der Waals surface area contributed by atoms with Gasteiger partial charge < -0.3 is 10.8 Å². The summed E-state index contributed by atoms with van der Waals surface area (Å²) in [4.78, 5) is 0. The lowest BCUT2D eigenvalue weighted by molar-refractivity contribution is 0.308. The van der Waals surface area contributed by atoms with Crippen molar-refractivity contribution in [2.24, 2.45) is 11.7 Å². The van der Waals surface area contributed by atoms with E-state index >= 15 is 0 Å². The van der Waals surface area contributed by atoms with E-state index in [1.54, 1.807) is 12.1 Å². The average Bonchev–Trinajstić information content (AvgIpc) is 2.30. The van der Waals surface area contributed by atoms with Gasteiger partial charge in [0.2, 0.25) is 0 Å². The summed E-state index contributed by atoms with van der Waals surface area (Å²) in [6.07, 6.45) is 6.50. The first-order valence-electron chi connectivity index (χ1n) is 5.82. The van der Waals surface area contributed by atoms with Crippen LogP contribution < -0.4 is 5.73 Å². The van der Waals surface area contributed by atoms with Crippen molar-refractivity contribution in [2.45, 2.75) is 38.1 Å². The largest absolute Gasteiger partial charge is 0.508 e. The Kier molecular flexibility index (Phi) is 5.10. The smallest absolute Gasteiger partial charge is 0.115 e. The van der Waals surface area contributed by atoms with E-state index in [1.807, 2.05) is 12.1 Å². The summed E-state index contributed by atoms with van der Waals surface area (Å²) in [6, 6.07) is 7.46. The van der Waals surface area contributed by atoms with Crippen LogP contribution in [0.5, 0.6) is 5.75 Å². The molecule has 1 aliphatic carbocycles. The molecule has 0 amide bonds. The van der Waals surface area contributed by atoms with Gasteiger partial charge in [-0.15, -0.1) is 12.4 Å². The molecule has 0 saturated heterocycles. The van der Waals surface area contributed by atoms with Crippen LogP contribution in [0.4, 0.5) is 0 Å². The Hall–Kier alpha value is -0.730. The molecule has 1 aromatic rings. The summed E-state index contributed by atoms with van der Waals surface area (Å²) >= 11 is 0. The molecule has 0 aliphatic heterocycles.